The standard InChI is InChI=1S/C24H19NO4/c1-3-29-24(28)20-13-22(25-14-17(15(2)26)11-12-21(20)25)23(27)19-10-6-8-16-7-4-5-9-18(16)19/h4-14H,3H2,1-2H3. The lowest BCUT2D eigenvalue weighted by Crippen LogP contribution is -2.07. The first-order valence-electron chi connectivity index (χ1n) is 9.37. The van der Waals surface area contributed by atoms with E-state index >= 15 is 0 Å². The van der Waals surface area contributed by atoms with Crippen molar-refractivity contribution in [3.63, 3.8) is 0 Å². The summed E-state index contributed by atoms with van der Waals surface area (Å²) in [4.78, 5) is 37.8. The second-order valence-corrected chi connectivity index (χ2v) is 6.75. The molecule has 4 aromatic rings. The first kappa shape index (κ1) is 18.6. The van der Waals surface area contributed by atoms with Gasteiger partial charge in [-0.2, -0.15) is 0 Å². The van der Waals surface area contributed by atoms with Crippen molar-refractivity contribution in [3.05, 3.63) is 89.2 Å². The fourth-order valence-electron chi connectivity index (χ4n) is 3.52. The number of nitrogens with zero attached hydrogens (tertiary/aromatic N) is 1. The molecule has 0 saturated heterocycles. The fourth-order valence-corrected chi connectivity index (χ4v) is 3.52. The largest absolute Gasteiger partial charge is 0.462 e. The number of fused-ring (bicyclic) bond motifs is 2. The molecule has 0 N–H and O–H groups in total. The van der Waals surface area contributed by atoms with Crippen molar-refractivity contribution in [1.82, 2.24) is 4.40 Å². The summed E-state index contributed by atoms with van der Waals surface area (Å²) in [6, 6.07) is 18.0. The predicted molar refractivity (Wildman–Crippen MR) is 111 cm³/mol. The van der Waals surface area contributed by atoms with E-state index in [1.54, 1.807) is 41.8 Å². The number of esters is 1. The highest BCUT2D eigenvalue weighted by atomic mass is 16.5. The smallest absolute Gasteiger partial charge is 0.340 e. The summed E-state index contributed by atoms with van der Waals surface area (Å²) < 4.78 is 6.76. The second-order valence-electron chi connectivity index (χ2n) is 6.75. The van der Waals surface area contributed by atoms with Gasteiger partial charge in [-0.05, 0) is 42.8 Å². The van der Waals surface area contributed by atoms with Gasteiger partial charge in [0.2, 0.25) is 5.78 Å². The molecule has 2 heterocycles. The van der Waals surface area contributed by atoms with Crippen molar-refractivity contribution in [2.75, 3.05) is 6.61 Å². The number of carbonyl (C=O) groups excluding carboxylic acids is 3. The highest BCUT2D eigenvalue weighted by Gasteiger charge is 2.23. The molecule has 0 bridgehead atoms. The molecule has 0 aliphatic heterocycles. The highest BCUT2D eigenvalue weighted by Crippen LogP contribution is 2.25. The van der Waals surface area contributed by atoms with Crippen LogP contribution in [0.2, 0.25) is 0 Å². The number of ether oxygens (including phenoxy) is 1. The Bertz CT molecular complexity index is 1280. The summed E-state index contributed by atoms with van der Waals surface area (Å²) in [7, 11) is 0. The fraction of sp³-hybridized carbons (Fsp3) is 0.125. The Hall–Kier alpha value is -3.73. The third-order valence-corrected chi connectivity index (χ3v) is 4.93. The molecule has 2 aromatic carbocycles. The van der Waals surface area contributed by atoms with E-state index in [9.17, 15) is 14.4 Å². The maximum atomic E-state index is 13.5. The Labute approximate surface area is 167 Å². The summed E-state index contributed by atoms with van der Waals surface area (Å²) in [6.45, 7) is 3.42. The number of aromatic nitrogens is 1. The van der Waals surface area contributed by atoms with Gasteiger partial charge in [-0.1, -0.05) is 42.5 Å². The normalized spacial score (nSPS) is 11.0. The number of carbonyl (C=O) groups is 3. The highest BCUT2D eigenvalue weighted by molar-refractivity contribution is 6.17. The van der Waals surface area contributed by atoms with E-state index in [1.165, 1.54) is 6.92 Å². The van der Waals surface area contributed by atoms with Gasteiger partial charge in [0.15, 0.2) is 5.78 Å². The van der Waals surface area contributed by atoms with Gasteiger partial charge < -0.3 is 9.14 Å². The van der Waals surface area contributed by atoms with Crippen LogP contribution in [0.15, 0.2) is 66.9 Å². The van der Waals surface area contributed by atoms with Gasteiger partial charge in [0.25, 0.3) is 0 Å². The maximum absolute atomic E-state index is 13.5. The Balaban J connectivity index is 1.96. The number of pyridine rings is 1. The number of hydrogen-bond donors (Lipinski definition) is 0. The minimum absolute atomic E-state index is 0.123. The van der Waals surface area contributed by atoms with E-state index in [4.69, 9.17) is 4.74 Å². The molecule has 0 unspecified atom stereocenters. The number of rotatable bonds is 5. The van der Waals surface area contributed by atoms with Crippen LogP contribution >= 0.6 is 0 Å². The van der Waals surface area contributed by atoms with Crippen LogP contribution in [0.4, 0.5) is 0 Å². The molecule has 0 fully saturated rings. The number of benzene rings is 2. The number of Topliss-reactive ketones (excluding diaryl/α,β-unsaturated/α-hetero) is 1. The van der Waals surface area contributed by atoms with Crippen LogP contribution in [0, 0.1) is 0 Å². The summed E-state index contributed by atoms with van der Waals surface area (Å²) >= 11 is 0. The third-order valence-electron chi connectivity index (χ3n) is 4.93. The lowest BCUT2D eigenvalue weighted by atomic mass is 10.00. The second kappa shape index (κ2) is 7.36. The van der Waals surface area contributed by atoms with Gasteiger partial charge >= 0.3 is 5.97 Å². The van der Waals surface area contributed by atoms with E-state index in [2.05, 4.69) is 0 Å². The lowest BCUT2D eigenvalue weighted by molar-refractivity contribution is 0.0528. The molecule has 5 heteroatoms. The molecule has 4 rings (SSSR count). The molecule has 0 spiro atoms. The first-order chi connectivity index (χ1) is 14.0. The van der Waals surface area contributed by atoms with Crippen molar-refractivity contribution in [2.24, 2.45) is 0 Å². The van der Waals surface area contributed by atoms with E-state index in [-0.39, 0.29) is 18.2 Å². The molecule has 0 atom stereocenters. The maximum Gasteiger partial charge on any atom is 0.340 e. The van der Waals surface area contributed by atoms with Crippen LogP contribution in [0.25, 0.3) is 16.3 Å². The molecular weight excluding hydrogens is 366 g/mol. The summed E-state index contributed by atoms with van der Waals surface area (Å²) in [5, 5.41) is 1.78. The van der Waals surface area contributed by atoms with Crippen LogP contribution in [0.1, 0.15) is 50.6 Å². The molecule has 0 aliphatic carbocycles. The van der Waals surface area contributed by atoms with Gasteiger partial charge in [0.05, 0.1) is 23.4 Å². The zero-order valence-corrected chi connectivity index (χ0v) is 16.1. The van der Waals surface area contributed by atoms with Gasteiger partial charge in [0.1, 0.15) is 0 Å². The van der Waals surface area contributed by atoms with Gasteiger partial charge in [-0.25, -0.2) is 4.79 Å². The molecule has 0 radical (unpaired) electrons. The van der Waals surface area contributed by atoms with Crippen LogP contribution < -0.4 is 0 Å². The van der Waals surface area contributed by atoms with Crippen molar-refractivity contribution >= 4 is 33.8 Å². The zero-order valence-electron chi connectivity index (χ0n) is 16.1. The predicted octanol–water partition coefficient (Wildman–Crippen LogP) is 4.70. The van der Waals surface area contributed by atoms with Crippen molar-refractivity contribution < 1.29 is 19.1 Å². The third kappa shape index (κ3) is 3.21. The average molecular weight is 385 g/mol. The van der Waals surface area contributed by atoms with Gasteiger partial charge in [0, 0.05) is 17.3 Å². The summed E-state index contributed by atoms with van der Waals surface area (Å²) in [5.41, 5.74) is 2.12. The van der Waals surface area contributed by atoms with Crippen molar-refractivity contribution in [1.29, 1.82) is 0 Å². The van der Waals surface area contributed by atoms with Crippen LogP contribution in [0.3, 0.4) is 0 Å². The Morgan fingerprint density at radius 3 is 2.45 bits per heavy atom. The van der Waals surface area contributed by atoms with Crippen LogP contribution in [-0.2, 0) is 4.74 Å². The Kier molecular flexibility index (Phi) is 4.72. The molecule has 0 amide bonds. The quantitative estimate of drug-likeness (QED) is 0.369. The monoisotopic (exact) mass is 385 g/mol. The Morgan fingerprint density at radius 2 is 1.69 bits per heavy atom. The van der Waals surface area contributed by atoms with Gasteiger partial charge in [-0.3, -0.25) is 9.59 Å². The van der Waals surface area contributed by atoms with Crippen molar-refractivity contribution in [2.45, 2.75) is 13.8 Å². The first-order valence-corrected chi connectivity index (χ1v) is 9.37. The van der Waals surface area contributed by atoms with Gasteiger partial charge in [-0.15, -0.1) is 0 Å². The molecular formula is C24H19NO4. The summed E-state index contributed by atoms with van der Waals surface area (Å²) in [5.74, 6) is -0.854. The topological polar surface area (TPSA) is 64.8 Å². The van der Waals surface area contributed by atoms with E-state index in [0.717, 1.165) is 10.8 Å². The van der Waals surface area contributed by atoms with E-state index < -0.39 is 5.97 Å². The zero-order chi connectivity index (χ0) is 20.5. The van der Waals surface area contributed by atoms with Crippen LogP contribution in [-0.4, -0.2) is 28.5 Å². The van der Waals surface area contributed by atoms with E-state index in [1.807, 2.05) is 36.4 Å². The van der Waals surface area contributed by atoms with Crippen molar-refractivity contribution in [3.8, 4) is 0 Å². The molecule has 0 aliphatic rings. The minimum atomic E-state index is -0.502. The molecule has 144 valence electrons. The Morgan fingerprint density at radius 1 is 0.931 bits per heavy atom. The number of hydrogen-bond acceptors (Lipinski definition) is 4. The molecule has 5 nitrogen and oxygen atoms in total. The lowest BCUT2D eigenvalue weighted by Gasteiger charge is -2.07. The van der Waals surface area contributed by atoms with Crippen LogP contribution in [0.5, 0.6) is 0 Å². The molecule has 29 heavy (non-hydrogen) atoms. The molecule has 0 saturated carbocycles. The minimum Gasteiger partial charge on any atom is -0.462 e. The average Bonchev–Trinajstić information content (AvgIpc) is 3.12. The number of ketones is 2. The van der Waals surface area contributed by atoms with E-state index in [0.29, 0.717) is 27.9 Å². The molecule has 2 aromatic heterocycles. The summed E-state index contributed by atoms with van der Waals surface area (Å²) in [6.07, 6.45) is 1.60. The SMILES string of the molecule is CCOC(=O)c1cc(C(=O)c2cccc3ccccc23)n2cc(C(C)=O)ccc12.